The van der Waals surface area contributed by atoms with Crippen LogP contribution in [-0.2, 0) is 14.9 Å². The van der Waals surface area contributed by atoms with Crippen molar-refractivity contribution < 1.29 is 32.6 Å². The number of carbonyl (C=O) groups excluding carboxylic acids is 2. The van der Waals surface area contributed by atoms with Gasteiger partial charge in [-0.15, -0.1) is 8.78 Å². The van der Waals surface area contributed by atoms with E-state index >= 15 is 0 Å². The number of carbonyl (C=O) groups is 2. The highest BCUT2D eigenvalue weighted by atomic mass is 19.3. The average molecular weight is 494 g/mol. The quantitative estimate of drug-likeness (QED) is 0.475. The highest BCUT2D eigenvalue weighted by Crippen LogP contribution is 2.52. The maximum Gasteiger partial charge on any atom is 0.586 e. The number of ether oxygens (including phenoxy) is 3. The van der Waals surface area contributed by atoms with Crippen LogP contribution in [0, 0.1) is 20.8 Å². The molecule has 0 unspecified atom stereocenters. The lowest BCUT2D eigenvalue weighted by Gasteiger charge is -2.18. The molecule has 0 radical (unpaired) electrons. The van der Waals surface area contributed by atoms with Gasteiger partial charge in [0.05, 0.1) is 23.8 Å². The fourth-order valence-electron chi connectivity index (χ4n) is 4.65. The number of esters is 1. The van der Waals surface area contributed by atoms with Gasteiger partial charge in [-0.1, -0.05) is 18.2 Å². The number of aryl methyl sites for hydroxylation is 2. The van der Waals surface area contributed by atoms with Crippen molar-refractivity contribution in [1.29, 1.82) is 0 Å². The number of benzene rings is 2. The lowest BCUT2D eigenvalue weighted by Crippen LogP contribution is -2.28. The Morgan fingerprint density at radius 2 is 1.67 bits per heavy atom. The Bertz CT molecular complexity index is 1420. The largest absolute Gasteiger partial charge is 0.586 e. The normalized spacial score (nSPS) is 16.4. The number of methoxy groups -OCH3 is 1. The number of fused-ring (bicyclic) bond motifs is 1. The fraction of sp³-hybridized carbons (Fsp3) is 0.296. The molecule has 1 N–H and O–H groups in total. The van der Waals surface area contributed by atoms with E-state index in [1.54, 1.807) is 18.2 Å². The van der Waals surface area contributed by atoms with E-state index in [0.717, 1.165) is 22.3 Å². The molecule has 1 amide bonds. The number of nitrogens with one attached hydrogen (secondary N) is 1. The number of aromatic nitrogens is 1. The van der Waals surface area contributed by atoms with Gasteiger partial charge in [0, 0.05) is 5.56 Å². The van der Waals surface area contributed by atoms with Crippen LogP contribution in [0.3, 0.4) is 0 Å². The van der Waals surface area contributed by atoms with Gasteiger partial charge in [0.1, 0.15) is 5.82 Å². The predicted molar refractivity (Wildman–Crippen MR) is 127 cm³/mol. The molecule has 3 aromatic rings. The van der Waals surface area contributed by atoms with Gasteiger partial charge in [-0.05, 0) is 80.1 Å². The Kier molecular flexibility index (Phi) is 5.46. The van der Waals surface area contributed by atoms with Crippen molar-refractivity contribution in [1.82, 2.24) is 4.98 Å². The second kappa shape index (κ2) is 8.29. The number of hydrogen-bond donors (Lipinski definition) is 1. The van der Waals surface area contributed by atoms with E-state index < -0.39 is 17.7 Å². The zero-order chi connectivity index (χ0) is 25.8. The molecule has 0 spiro atoms. The number of hydrogen-bond acceptors (Lipinski definition) is 6. The molecule has 2 aliphatic rings. The van der Waals surface area contributed by atoms with Gasteiger partial charge in [0.2, 0.25) is 5.91 Å². The summed E-state index contributed by atoms with van der Waals surface area (Å²) in [4.78, 5) is 30.3. The second-order valence-corrected chi connectivity index (χ2v) is 9.15. The third-order valence-electron chi connectivity index (χ3n) is 6.79. The first kappa shape index (κ1) is 23.7. The zero-order valence-electron chi connectivity index (χ0n) is 20.2. The number of nitrogens with zero attached hydrogens (tertiary/aromatic N) is 1. The number of halogens is 2. The van der Waals surface area contributed by atoms with Gasteiger partial charge in [0.25, 0.3) is 0 Å². The maximum atomic E-state index is 13.4. The van der Waals surface area contributed by atoms with Gasteiger partial charge < -0.3 is 19.5 Å². The molecule has 7 nitrogen and oxygen atoms in total. The van der Waals surface area contributed by atoms with Crippen LogP contribution in [0.5, 0.6) is 11.5 Å². The summed E-state index contributed by atoms with van der Waals surface area (Å²) in [5, 5.41) is 2.89. The van der Waals surface area contributed by atoms with Gasteiger partial charge in [-0.3, -0.25) is 4.79 Å². The smallest absolute Gasteiger partial charge is 0.465 e. The van der Waals surface area contributed by atoms with Crippen LogP contribution < -0.4 is 14.8 Å². The van der Waals surface area contributed by atoms with Crippen LogP contribution >= 0.6 is 0 Å². The van der Waals surface area contributed by atoms with Crippen molar-refractivity contribution in [3.63, 3.8) is 0 Å². The summed E-state index contributed by atoms with van der Waals surface area (Å²) in [5.41, 5.74) is 4.13. The summed E-state index contributed by atoms with van der Waals surface area (Å²) in [5.74, 6) is -0.532. The highest BCUT2D eigenvalue weighted by molar-refractivity contribution is 6.01. The summed E-state index contributed by atoms with van der Waals surface area (Å²) >= 11 is 0. The fourth-order valence-corrected chi connectivity index (χ4v) is 4.65. The molecule has 1 aliphatic heterocycles. The van der Waals surface area contributed by atoms with E-state index in [2.05, 4.69) is 14.8 Å². The third kappa shape index (κ3) is 3.94. The van der Waals surface area contributed by atoms with Crippen molar-refractivity contribution in [2.45, 2.75) is 45.3 Å². The summed E-state index contributed by atoms with van der Waals surface area (Å²) in [6.45, 7) is 5.67. The van der Waals surface area contributed by atoms with Gasteiger partial charge in [-0.25, -0.2) is 9.78 Å². The molecule has 9 heteroatoms. The van der Waals surface area contributed by atoms with Gasteiger partial charge in [-0.2, -0.15) is 0 Å². The van der Waals surface area contributed by atoms with Gasteiger partial charge >= 0.3 is 12.3 Å². The molecule has 1 aromatic heterocycles. The molecule has 0 atom stereocenters. The predicted octanol–water partition coefficient (Wildman–Crippen LogP) is 5.45. The van der Waals surface area contributed by atoms with E-state index in [1.807, 2.05) is 32.9 Å². The Balaban J connectivity index is 1.45. The molecule has 1 fully saturated rings. The molecular weight excluding hydrogens is 470 g/mol. The molecule has 1 saturated carbocycles. The topological polar surface area (TPSA) is 86.8 Å². The molecular formula is C27H24F2N2O5. The van der Waals surface area contributed by atoms with E-state index in [4.69, 9.17) is 9.72 Å². The van der Waals surface area contributed by atoms with E-state index in [1.165, 1.54) is 19.2 Å². The van der Waals surface area contributed by atoms with E-state index in [9.17, 15) is 18.4 Å². The zero-order valence-corrected chi connectivity index (χ0v) is 20.2. The Labute approximate surface area is 206 Å². The van der Waals surface area contributed by atoms with Crippen LogP contribution in [0.4, 0.5) is 14.6 Å². The number of alkyl halides is 2. The van der Waals surface area contributed by atoms with Crippen molar-refractivity contribution >= 4 is 17.7 Å². The molecule has 36 heavy (non-hydrogen) atoms. The SMILES string of the molecule is COC(=O)c1ccc(C)c(-c2nc(NC(=O)C3(c4ccc5c(c4)OC(F)(F)O5)CC3)ccc2C)c1C. The summed E-state index contributed by atoms with van der Waals surface area (Å²) in [6, 6.07) is 11.5. The van der Waals surface area contributed by atoms with Crippen LogP contribution in [0.1, 0.15) is 45.5 Å². The summed E-state index contributed by atoms with van der Waals surface area (Å²) < 4.78 is 40.8. The maximum absolute atomic E-state index is 13.4. The second-order valence-electron chi connectivity index (χ2n) is 9.15. The minimum atomic E-state index is -3.72. The molecule has 0 saturated heterocycles. The highest BCUT2D eigenvalue weighted by Gasteiger charge is 2.53. The molecule has 186 valence electrons. The third-order valence-corrected chi connectivity index (χ3v) is 6.79. The number of amides is 1. The summed E-state index contributed by atoms with van der Waals surface area (Å²) in [7, 11) is 1.33. The average Bonchev–Trinajstić information content (AvgIpc) is 3.57. The first-order valence-electron chi connectivity index (χ1n) is 11.4. The van der Waals surface area contributed by atoms with Crippen molar-refractivity contribution in [3.8, 4) is 22.8 Å². The van der Waals surface area contributed by atoms with Crippen LogP contribution in [-0.4, -0.2) is 30.3 Å². The van der Waals surface area contributed by atoms with Crippen molar-refractivity contribution in [2.24, 2.45) is 0 Å². The van der Waals surface area contributed by atoms with E-state index in [-0.39, 0.29) is 17.4 Å². The molecule has 5 rings (SSSR count). The van der Waals surface area contributed by atoms with Crippen molar-refractivity contribution in [2.75, 3.05) is 12.4 Å². The van der Waals surface area contributed by atoms with Crippen LogP contribution in [0.2, 0.25) is 0 Å². The summed E-state index contributed by atoms with van der Waals surface area (Å²) in [6.07, 6.45) is -2.59. The molecule has 2 aromatic carbocycles. The van der Waals surface area contributed by atoms with Crippen molar-refractivity contribution in [3.05, 3.63) is 70.3 Å². The first-order chi connectivity index (χ1) is 17.0. The standard InChI is InChI=1S/C27H24F2N2O5/c1-14-5-8-18(24(32)34-4)16(3)22(14)23-15(2)6-10-21(30-23)31-25(33)26(11-12-26)17-7-9-19-20(13-17)36-27(28,29)35-19/h5-10,13H,11-12H2,1-4H3,(H,30,31,33). The Hall–Kier alpha value is -4.01. The number of anilines is 1. The van der Waals surface area contributed by atoms with Gasteiger partial charge in [0.15, 0.2) is 11.5 Å². The molecule has 2 heterocycles. The monoisotopic (exact) mass is 494 g/mol. The lowest BCUT2D eigenvalue weighted by molar-refractivity contribution is -0.286. The Morgan fingerprint density at radius 3 is 2.36 bits per heavy atom. The van der Waals surface area contributed by atoms with Crippen LogP contribution in [0.25, 0.3) is 11.3 Å². The lowest BCUT2D eigenvalue weighted by atomic mass is 9.93. The number of pyridine rings is 1. The van der Waals surface area contributed by atoms with E-state index in [0.29, 0.717) is 35.5 Å². The first-order valence-corrected chi connectivity index (χ1v) is 11.4. The molecule has 0 bridgehead atoms. The minimum absolute atomic E-state index is 0.0651. The number of rotatable bonds is 5. The Morgan fingerprint density at radius 1 is 0.972 bits per heavy atom. The van der Waals surface area contributed by atoms with Crippen LogP contribution in [0.15, 0.2) is 42.5 Å². The molecule has 1 aliphatic carbocycles. The minimum Gasteiger partial charge on any atom is -0.465 e.